The Morgan fingerprint density at radius 3 is 2.18 bits per heavy atom. The van der Waals surface area contributed by atoms with Gasteiger partial charge in [0.2, 0.25) is 17.7 Å². The van der Waals surface area contributed by atoms with Gasteiger partial charge in [0.25, 0.3) is 0 Å². The van der Waals surface area contributed by atoms with Crippen LogP contribution in [-0.4, -0.2) is 61.0 Å². The summed E-state index contributed by atoms with van der Waals surface area (Å²) in [7, 11) is 1.53. The number of hydrogen-bond acceptors (Lipinski definition) is 8. The third kappa shape index (κ3) is 10.1. The number of primary amides is 1. The quantitative estimate of drug-likeness (QED) is 0.130. The van der Waals surface area contributed by atoms with Crippen LogP contribution in [0.25, 0.3) is 10.9 Å². The summed E-state index contributed by atoms with van der Waals surface area (Å²) in [5, 5.41) is 5.94. The highest BCUT2D eigenvalue weighted by Crippen LogP contribution is 2.38. The van der Waals surface area contributed by atoms with Gasteiger partial charge in [-0.05, 0) is 93.2 Å². The van der Waals surface area contributed by atoms with Gasteiger partial charge in [-0.1, -0.05) is 0 Å². The van der Waals surface area contributed by atoms with Crippen LogP contribution in [0.3, 0.4) is 0 Å². The molecule has 13 heteroatoms. The zero-order valence-electron chi connectivity index (χ0n) is 27.2. The van der Waals surface area contributed by atoms with Crippen molar-refractivity contribution in [3.63, 3.8) is 0 Å². The second kappa shape index (κ2) is 16.7. The van der Waals surface area contributed by atoms with Crippen LogP contribution >= 0.6 is 0 Å². The highest BCUT2D eigenvalue weighted by Gasteiger charge is 2.22. The number of rotatable bonds is 15. The summed E-state index contributed by atoms with van der Waals surface area (Å²) in [6.45, 7) is 2.30. The van der Waals surface area contributed by atoms with Gasteiger partial charge in [0.1, 0.15) is 11.6 Å². The van der Waals surface area contributed by atoms with Crippen molar-refractivity contribution in [1.29, 1.82) is 0 Å². The van der Waals surface area contributed by atoms with Gasteiger partial charge in [0.05, 0.1) is 25.8 Å². The molecule has 49 heavy (non-hydrogen) atoms. The van der Waals surface area contributed by atoms with E-state index in [-0.39, 0.29) is 54.4 Å². The number of carbonyl (C=O) groups is 3. The minimum Gasteiger partial charge on any atom is -0.493 e. The lowest BCUT2D eigenvalue weighted by Gasteiger charge is -2.31. The lowest BCUT2D eigenvalue weighted by molar-refractivity contribution is -0.119. The Morgan fingerprint density at radius 1 is 0.857 bits per heavy atom. The highest BCUT2D eigenvalue weighted by molar-refractivity contribution is 5.92. The van der Waals surface area contributed by atoms with Crippen LogP contribution in [0.1, 0.15) is 38.5 Å². The molecule has 11 nitrogen and oxygen atoms in total. The smallest absolute Gasteiger partial charge is 0.231 e. The van der Waals surface area contributed by atoms with Crippen LogP contribution in [0.2, 0.25) is 0 Å². The number of nitrogens with two attached hydrogens (primary N) is 1. The fourth-order valence-corrected chi connectivity index (χ4v) is 5.56. The number of nitrogens with one attached hydrogen (secondary N) is 2. The van der Waals surface area contributed by atoms with Gasteiger partial charge in [0.15, 0.2) is 23.1 Å². The van der Waals surface area contributed by atoms with Crippen LogP contribution in [0.15, 0.2) is 66.9 Å². The van der Waals surface area contributed by atoms with Crippen LogP contribution in [0.5, 0.6) is 23.0 Å². The largest absolute Gasteiger partial charge is 0.493 e. The van der Waals surface area contributed by atoms with Crippen molar-refractivity contribution in [3.05, 3.63) is 78.5 Å². The molecule has 1 aliphatic rings. The monoisotopic (exact) mass is 675 g/mol. The van der Waals surface area contributed by atoms with E-state index in [4.69, 9.17) is 19.9 Å². The normalized spacial score (nSPS) is 13.5. The summed E-state index contributed by atoms with van der Waals surface area (Å²) in [4.78, 5) is 42.2. The highest BCUT2D eigenvalue weighted by atomic mass is 19.1. The number of piperidine rings is 1. The third-order valence-corrected chi connectivity index (χ3v) is 8.17. The standard InChI is InChI=1S/C36H39F2N5O6/c1-47-32-19-27-29(20-33(32)48-22-23-13-16-43(17-14-23)21-34(39)44)40-15-12-30(27)49-31-11-10-26(18-28(31)38)42-36(46)5-3-2-4-35(45)41-25-8-6-24(37)7-9-25/h6-12,15,18-20,23H,2-5,13-14,16-17,21-22H2,1H3,(H2,39,44)(H,41,45)(H,42,46). The van der Waals surface area contributed by atoms with Crippen molar-refractivity contribution in [2.45, 2.75) is 38.5 Å². The van der Waals surface area contributed by atoms with Gasteiger partial charge in [-0.2, -0.15) is 0 Å². The molecule has 0 atom stereocenters. The molecule has 258 valence electrons. The van der Waals surface area contributed by atoms with Gasteiger partial charge >= 0.3 is 0 Å². The SMILES string of the molecule is COc1cc2c(Oc3ccc(NC(=O)CCCCC(=O)Nc4ccc(F)cc4)cc3F)ccnc2cc1OCC1CCN(CC(N)=O)CC1. The second-order valence-electron chi connectivity index (χ2n) is 11.9. The molecule has 1 saturated heterocycles. The Morgan fingerprint density at radius 2 is 1.53 bits per heavy atom. The number of unbranched alkanes of at least 4 members (excludes halogenated alkanes) is 1. The minimum absolute atomic E-state index is 0.0420. The van der Waals surface area contributed by atoms with Gasteiger partial charge < -0.3 is 30.6 Å². The zero-order valence-corrected chi connectivity index (χ0v) is 27.2. The average molecular weight is 676 g/mol. The Balaban J connectivity index is 1.12. The Labute approximate surface area is 282 Å². The average Bonchev–Trinajstić information content (AvgIpc) is 3.08. The number of nitrogens with zero attached hydrogens (tertiary/aromatic N) is 2. The number of methoxy groups -OCH3 is 1. The van der Waals surface area contributed by atoms with E-state index in [2.05, 4.69) is 15.6 Å². The molecule has 2 heterocycles. The summed E-state index contributed by atoms with van der Waals surface area (Å²) < 4.78 is 45.8. The first-order valence-corrected chi connectivity index (χ1v) is 16.1. The van der Waals surface area contributed by atoms with Crippen molar-refractivity contribution >= 4 is 40.0 Å². The van der Waals surface area contributed by atoms with Crippen molar-refractivity contribution in [2.24, 2.45) is 11.7 Å². The summed E-state index contributed by atoms with van der Waals surface area (Å²) in [5.41, 5.74) is 6.65. The van der Waals surface area contributed by atoms with Crippen molar-refractivity contribution in [1.82, 2.24) is 9.88 Å². The van der Waals surface area contributed by atoms with Gasteiger partial charge in [-0.25, -0.2) is 8.78 Å². The predicted octanol–water partition coefficient (Wildman–Crippen LogP) is 6.03. The van der Waals surface area contributed by atoms with E-state index in [1.54, 1.807) is 30.5 Å². The molecule has 1 aliphatic heterocycles. The lowest BCUT2D eigenvalue weighted by Crippen LogP contribution is -2.40. The van der Waals surface area contributed by atoms with E-state index in [1.807, 2.05) is 4.90 Å². The van der Waals surface area contributed by atoms with Crippen LogP contribution in [0, 0.1) is 17.6 Å². The third-order valence-electron chi connectivity index (χ3n) is 8.17. The second-order valence-corrected chi connectivity index (χ2v) is 11.9. The first kappa shape index (κ1) is 35.0. The van der Waals surface area contributed by atoms with E-state index in [9.17, 15) is 18.8 Å². The maximum Gasteiger partial charge on any atom is 0.231 e. The van der Waals surface area contributed by atoms with Crippen LogP contribution in [-0.2, 0) is 14.4 Å². The topological polar surface area (TPSA) is 145 Å². The molecule has 4 N–H and O–H groups in total. The number of aromatic nitrogens is 1. The molecule has 0 bridgehead atoms. The summed E-state index contributed by atoms with van der Waals surface area (Å²) in [5.74, 6) is -0.302. The molecule has 0 aliphatic carbocycles. The number of anilines is 2. The number of carbonyl (C=O) groups excluding carboxylic acids is 3. The number of fused-ring (bicyclic) bond motifs is 1. The molecule has 3 amide bonds. The molecule has 3 aromatic carbocycles. The Hall–Kier alpha value is -5.30. The molecular formula is C36H39F2N5O6. The molecule has 4 aromatic rings. The Bertz CT molecular complexity index is 1780. The van der Waals surface area contributed by atoms with Gasteiger partial charge in [-0.15, -0.1) is 0 Å². The predicted molar refractivity (Wildman–Crippen MR) is 181 cm³/mol. The number of likely N-dealkylation sites (tertiary alicyclic amines) is 1. The maximum absolute atomic E-state index is 15.1. The molecule has 0 unspecified atom stereocenters. The van der Waals surface area contributed by atoms with Crippen LogP contribution < -0.4 is 30.6 Å². The van der Waals surface area contributed by atoms with E-state index >= 15 is 4.39 Å². The first-order valence-electron chi connectivity index (χ1n) is 16.1. The van der Waals surface area contributed by atoms with Gasteiger partial charge in [0, 0.05) is 47.9 Å². The maximum atomic E-state index is 15.1. The van der Waals surface area contributed by atoms with E-state index < -0.39 is 5.82 Å². The van der Waals surface area contributed by atoms with Crippen molar-refractivity contribution in [3.8, 4) is 23.0 Å². The number of pyridine rings is 1. The summed E-state index contributed by atoms with van der Waals surface area (Å²) >= 11 is 0. The van der Waals surface area contributed by atoms with Crippen molar-refractivity contribution < 1.29 is 37.4 Å². The van der Waals surface area contributed by atoms with Crippen LogP contribution in [0.4, 0.5) is 20.2 Å². The molecular weight excluding hydrogens is 636 g/mol. The number of halogens is 2. The summed E-state index contributed by atoms with van der Waals surface area (Å²) in [6.07, 6.45) is 4.60. The summed E-state index contributed by atoms with van der Waals surface area (Å²) in [6, 6.07) is 14.7. The van der Waals surface area contributed by atoms with E-state index in [0.717, 1.165) is 25.9 Å². The number of benzene rings is 3. The number of ether oxygens (including phenoxy) is 3. The molecule has 1 aromatic heterocycles. The fourth-order valence-electron chi connectivity index (χ4n) is 5.56. The van der Waals surface area contributed by atoms with E-state index in [1.165, 1.54) is 43.5 Å². The number of amides is 3. The zero-order chi connectivity index (χ0) is 34.8. The fraction of sp³-hybridized carbons (Fsp3) is 0.333. The van der Waals surface area contributed by atoms with Gasteiger partial charge in [-0.3, -0.25) is 24.3 Å². The van der Waals surface area contributed by atoms with E-state index in [0.29, 0.717) is 59.2 Å². The minimum atomic E-state index is -0.672. The molecule has 5 rings (SSSR count). The number of hydrogen-bond donors (Lipinski definition) is 3. The molecule has 0 saturated carbocycles. The first-order chi connectivity index (χ1) is 23.7. The Kier molecular flexibility index (Phi) is 11.9. The molecule has 0 radical (unpaired) electrons. The molecule has 1 fully saturated rings. The van der Waals surface area contributed by atoms with Crippen molar-refractivity contribution in [2.75, 3.05) is 44.0 Å². The molecule has 0 spiro atoms. The lowest BCUT2D eigenvalue weighted by atomic mass is 9.98.